The number of carbonyl (C=O) groups is 1. The summed E-state index contributed by atoms with van der Waals surface area (Å²) in [4.78, 5) is 14.6. The van der Waals surface area contributed by atoms with Crippen LogP contribution < -0.4 is 9.47 Å². The second-order valence-corrected chi connectivity index (χ2v) is 9.45. The summed E-state index contributed by atoms with van der Waals surface area (Å²) in [6.45, 7) is 6.70. The lowest BCUT2D eigenvalue weighted by molar-refractivity contribution is -0.203. The Kier molecular flexibility index (Phi) is 3.77. The smallest absolute Gasteiger partial charge is 0.225 e. The molecule has 1 aromatic carbocycles. The summed E-state index contributed by atoms with van der Waals surface area (Å²) in [6.07, 6.45) is 4.42. The molecule has 2 saturated heterocycles. The molecule has 5 rings (SSSR count). The second-order valence-electron chi connectivity index (χ2n) is 9.45. The summed E-state index contributed by atoms with van der Waals surface area (Å²) >= 11 is 0. The van der Waals surface area contributed by atoms with Crippen LogP contribution in [0.5, 0.6) is 11.5 Å². The highest BCUT2D eigenvalue weighted by molar-refractivity contribution is 5.80. The van der Waals surface area contributed by atoms with Crippen molar-refractivity contribution in [3.05, 3.63) is 23.8 Å². The maximum Gasteiger partial charge on any atom is 0.225 e. The Morgan fingerprint density at radius 1 is 1.26 bits per heavy atom. The molecule has 0 bridgehead atoms. The number of ether oxygens (including phenoxy) is 3. The van der Waals surface area contributed by atoms with Crippen LogP contribution in [0.2, 0.25) is 0 Å². The van der Waals surface area contributed by atoms with Crippen molar-refractivity contribution in [3.8, 4) is 11.5 Å². The molecule has 0 N–H and O–H groups in total. The quantitative estimate of drug-likeness (QED) is 0.797. The summed E-state index contributed by atoms with van der Waals surface area (Å²) in [5, 5.41) is 0. The lowest BCUT2D eigenvalue weighted by atomic mass is 9.64. The molecule has 5 nitrogen and oxygen atoms in total. The Morgan fingerprint density at radius 3 is 2.70 bits per heavy atom. The zero-order chi connectivity index (χ0) is 18.8. The molecule has 3 fully saturated rings. The molecule has 146 valence electrons. The van der Waals surface area contributed by atoms with Gasteiger partial charge in [0.15, 0.2) is 11.5 Å². The average molecular weight is 371 g/mol. The SMILES string of the molecule is COc1cccc2c1OC(C)(C)[C@H]1CC3(CO[C@H]21)CN(C(=O)C1CCC1)C3. The fourth-order valence-electron chi connectivity index (χ4n) is 5.35. The van der Waals surface area contributed by atoms with Gasteiger partial charge in [-0.15, -0.1) is 0 Å². The highest BCUT2D eigenvalue weighted by atomic mass is 16.5. The number of likely N-dealkylation sites (tertiary alicyclic amines) is 1. The normalized spacial score (nSPS) is 30.4. The van der Waals surface area contributed by atoms with Gasteiger partial charge < -0.3 is 19.1 Å². The molecule has 1 aliphatic carbocycles. The third-order valence-electron chi connectivity index (χ3n) is 7.20. The minimum absolute atomic E-state index is 0.0286. The third kappa shape index (κ3) is 2.58. The van der Waals surface area contributed by atoms with Crippen LogP contribution in [0.25, 0.3) is 0 Å². The molecule has 1 amide bonds. The van der Waals surface area contributed by atoms with Gasteiger partial charge in [-0.1, -0.05) is 18.6 Å². The van der Waals surface area contributed by atoms with Crippen molar-refractivity contribution < 1.29 is 19.0 Å². The summed E-state index contributed by atoms with van der Waals surface area (Å²) in [5.41, 5.74) is 0.852. The van der Waals surface area contributed by atoms with Crippen LogP contribution in [0.4, 0.5) is 0 Å². The van der Waals surface area contributed by atoms with E-state index in [2.05, 4.69) is 24.8 Å². The first-order valence-corrected chi connectivity index (χ1v) is 10.2. The number of benzene rings is 1. The Morgan fingerprint density at radius 2 is 2.04 bits per heavy atom. The summed E-state index contributed by atoms with van der Waals surface area (Å²) in [6, 6.07) is 6.04. The first-order chi connectivity index (χ1) is 12.9. The van der Waals surface area contributed by atoms with Gasteiger partial charge in [-0.2, -0.15) is 0 Å². The maximum atomic E-state index is 12.5. The van der Waals surface area contributed by atoms with Crippen LogP contribution in [0, 0.1) is 17.3 Å². The van der Waals surface area contributed by atoms with E-state index >= 15 is 0 Å². The zero-order valence-corrected chi connectivity index (χ0v) is 16.5. The lowest BCUT2D eigenvalue weighted by Crippen LogP contribution is -2.66. The van der Waals surface area contributed by atoms with E-state index < -0.39 is 0 Å². The number of hydrogen-bond donors (Lipinski definition) is 0. The first-order valence-electron chi connectivity index (χ1n) is 10.2. The van der Waals surface area contributed by atoms with Crippen molar-refractivity contribution in [1.82, 2.24) is 4.90 Å². The standard InChI is InChI=1S/C22H29NO4/c1-21(2)16-10-22(11-23(12-22)20(24)14-6-4-7-14)13-26-18(16)15-8-5-9-17(25-3)19(15)27-21/h5,8-9,14,16,18H,4,6-7,10-13H2,1-3H3/t16-,18+/m0/s1. The molecule has 0 aromatic heterocycles. The van der Waals surface area contributed by atoms with E-state index in [1.54, 1.807) is 7.11 Å². The van der Waals surface area contributed by atoms with Gasteiger partial charge in [-0.3, -0.25) is 4.79 Å². The van der Waals surface area contributed by atoms with Crippen LogP contribution in [-0.2, 0) is 9.53 Å². The van der Waals surface area contributed by atoms with Crippen molar-refractivity contribution >= 4 is 5.91 Å². The predicted molar refractivity (Wildman–Crippen MR) is 101 cm³/mol. The van der Waals surface area contributed by atoms with Gasteiger partial charge in [-0.05, 0) is 39.2 Å². The molecule has 2 atom stereocenters. The van der Waals surface area contributed by atoms with Crippen LogP contribution in [0.1, 0.15) is 51.2 Å². The van der Waals surface area contributed by atoms with E-state index in [1.807, 2.05) is 12.1 Å². The lowest BCUT2D eigenvalue weighted by Gasteiger charge is -2.59. The number of amides is 1. The first kappa shape index (κ1) is 17.4. The maximum absolute atomic E-state index is 12.5. The number of rotatable bonds is 2. The number of carbonyl (C=O) groups excluding carboxylic acids is 1. The molecule has 5 heteroatoms. The second kappa shape index (κ2) is 5.87. The minimum Gasteiger partial charge on any atom is -0.493 e. The van der Waals surface area contributed by atoms with Crippen LogP contribution in [-0.4, -0.2) is 43.2 Å². The highest BCUT2D eigenvalue weighted by Crippen LogP contribution is 2.57. The third-order valence-corrected chi connectivity index (χ3v) is 7.20. The Balaban J connectivity index is 1.36. The van der Waals surface area contributed by atoms with E-state index in [-0.39, 0.29) is 29.0 Å². The van der Waals surface area contributed by atoms with Gasteiger partial charge in [0.25, 0.3) is 0 Å². The summed E-state index contributed by atoms with van der Waals surface area (Å²) in [5.74, 6) is 2.50. The van der Waals surface area contributed by atoms with E-state index in [0.29, 0.717) is 5.91 Å². The van der Waals surface area contributed by atoms with Gasteiger partial charge in [-0.25, -0.2) is 0 Å². The Hall–Kier alpha value is -1.75. The minimum atomic E-state index is -0.335. The number of fused-ring (bicyclic) bond motifs is 3. The van der Waals surface area contributed by atoms with E-state index in [4.69, 9.17) is 14.2 Å². The Labute approximate surface area is 161 Å². The van der Waals surface area contributed by atoms with Crippen molar-refractivity contribution in [1.29, 1.82) is 0 Å². The van der Waals surface area contributed by atoms with Crippen LogP contribution >= 0.6 is 0 Å². The van der Waals surface area contributed by atoms with Crippen molar-refractivity contribution in [2.24, 2.45) is 17.3 Å². The van der Waals surface area contributed by atoms with Crippen molar-refractivity contribution in [2.45, 2.75) is 51.2 Å². The van der Waals surface area contributed by atoms with Crippen LogP contribution in [0.3, 0.4) is 0 Å². The van der Waals surface area contributed by atoms with Crippen LogP contribution in [0.15, 0.2) is 18.2 Å². The summed E-state index contributed by atoms with van der Waals surface area (Å²) < 4.78 is 18.4. The number of nitrogens with zero attached hydrogens (tertiary/aromatic N) is 1. The average Bonchev–Trinajstić information content (AvgIpc) is 2.57. The fraction of sp³-hybridized carbons (Fsp3) is 0.682. The molecule has 1 spiro atoms. The topological polar surface area (TPSA) is 48.0 Å². The number of hydrogen-bond acceptors (Lipinski definition) is 4. The van der Waals surface area contributed by atoms with Gasteiger partial charge in [0, 0.05) is 35.9 Å². The largest absolute Gasteiger partial charge is 0.493 e. The van der Waals surface area contributed by atoms with Crippen molar-refractivity contribution in [3.63, 3.8) is 0 Å². The van der Waals surface area contributed by atoms with E-state index in [1.165, 1.54) is 6.42 Å². The number of para-hydroxylation sites is 1. The zero-order valence-electron chi connectivity index (χ0n) is 16.5. The van der Waals surface area contributed by atoms with Crippen molar-refractivity contribution in [2.75, 3.05) is 26.8 Å². The molecule has 3 heterocycles. The predicted octanol–water partition coefficient (Wildman–Crippen LogP) is 3.57. The molecular weight excluding hydrogens is 342 g/mol. The Bertz CT molecular complexity index is 764. The van der Waals surface area contributed by atoms with Gasteiger partial charge in [0.05, 0.1) is 19.8 Å². The monoisotopic (exact) mass is 371 g/mol. The molecule has 1 saturated carbocycles. The molecule has 0 unspecified atom stereocenters. The fourth-order valence-corrected chi connectivity index (χ4v) is 5.35. The summed E-state index contributed by atoms with van der Waals surface area (Å²) in [7, 11) is 1.68. The van der Waals surface area contributed by atoms with Gasteiger partial charge in [0.2, 0.25) is 5.91 Å². The molecule has 1 aromatic rings. The van der Waals surface area contributed by atoms with E-state index in [0.717, 1.165) is 56.0 Å². The van der Waals surface area contributed by atoms with Gasteiger partial charge >= 0.3 is 0 Å². The highest BCUT2D eigenvalue weighted by Gasteiger charge is 2.57. The molecular formula is C22H29NO4. The molecule has 3 aliphatic heterocycles. The van der Waals surface area contributed by atoms with E-state index in [9.17, 15) is 4.79 Å². The number of methoxy groups -OCH3 is 1. The molecule has 27 heavy (non-hydrogen) atoms. The molecule has 4 aliphatic rings. The molecule has 0 radical (unpaired) electrons. The van der Waals surface area contributed by atoms with Gasteiger partial charge in [0.1, 0.15) is 5.60 Å².